The van der Waals surface area contributed by atoms with Crippen molar-refractivity contribution in [2.75, 3.05) is 0 Å². The van der Waals surface area contributed by atoms with Gasteiger partial charge in [-0.25, -0.2) is 0 Å². The summed E-state index contributed by atoms with van der Waals surface area (Å²) in [4.78, 5) is 40.9. The van der Waals surface area contributed by atoms with Gasteiger partial charge in [-0.1, -0.05) is 11.6 Å². The molecule has 1 fully saturated rings. The van der Waals surface area contributed by atoms with Crippen molar-refractivity contribution in [2.24, 2.45) is 11.8 Å². The molecule has 1 aromatic rings. The fourth-order valence-electron chi connectivity index (χ4n) is 2.23. The molecule has 1 saturated carbocycles. The van der Waals surface area contributed by atoms with E-state index in [1.807, 2.05) is 0 Å². The Balaban J connectivity index is 2.37. The van der Waals surface area contributed by atoms with Gasteiger partial charge in [0.1, 0.15) is 11.3 Å². The van der Waals surface area contributed by atoms with Gasteiger partial charge in [0.2, 0.25) is 5.78 Å². The number of ether oxygens (including phenoxy) is 1. The lowest BCUT2D eigenvalue weighted by Crippen LogP contribution is -2.38. The Morgan fingerprint density at radius 3 is 2.23 bits per heavy atom. The summed E-state index contributed by atoms with van der Waals surface area (Å²) in [5.41, 5.74) is -2.65. The first-order chi connectivity index (χ1) is 11.8. The minimum absolute atomic E-state index is 0.437. The summed E-state index contributed by atoms with van der Waals surface area (Å²) in [6.07, 6.45) is -3.17. The maximum absolute atomic E-state index is 12.7. The van der Waals surface area contributed by atoms with Crippen LogP contribution in [0.3, 0.4) is 0 Å². The molecule has 1 aliphatic rings. The zero-order valence-corrected chi connectivity index (χ0v) is 15.1. The molecule has 5 nitrogen and oxygen atoms in total. The predicted molar refractivity (Wildman–Crippen MR) is 85.6 cm³/mol. The molecular weight excluding hydrogens is 375 g/mol. The summed E-state index contributed by atoms with van der Waals surface area (Å²) in [6.45, 7) is 4.70. The molecule has 1 heterocycles. The maximum Gasteiger partial charge on any atom is 0.417 e. The lowest BCUT2D eigenvalue weighted by molar-refractivity contribution is -0.160. The van der Waals surface area contributed by atoms with Gasteiger partial charge in [-0.05, 0) is 39.7 Å². The number of rotatable bonds is 5. The van der Waals surface area contributed by atoms with Crippen LogP contribution >= 0.6 is 11.6 Å². The lowest BCUT2D eigenvalue weighted by atomic mass is 9.93. The van der Waals surface area contributed by atoms with Gasteiger partial charge in [0, 0.05) is 12.1 Å². The number of pyridine rings is 1. The minimum atomic E-state index is -4.69. The summed E-state index contributed by atoms with van der Waals surface area (Å²) in [7, 11) is 0. The molecule has 0 radical (unpaired) electrons. The molecule has 1 unspecified atom stereocenters. The van der Waals surface area contributed by atoms with Crippen LogP contribution in [0.2, 0.25) is 5.02 Å². The monoisotopic (exact) mass is 391 g/mol. The fourth-order valence-corrected chi connectivity index (χ4v) is 2.49. The van der Waals surface area contributed by atoms with E-state index in [-0.39, 0.29) is 0 Å². The van der Waals surface area contributed by atoms with E-state index in [1.54, 1.807) is 20.8 Å². The number of ketones is 2. The Morgan fingerprint density at radius 2 is 1.81 bits per heavy atom. The largest absolute Gasteiger partial charge is 0.459 e. The highest BCUT2D eigenvalue weighted by Crippen LogP contribution is 2.35. The first-order valence-electron chi connectivity index (χ1n) is 7.85. The highest BCUT2D eigenvalue weighted by Gasteiger charge is 2.45. The maximum atomic E-state index is 12.7. The van der Waals surface area contributed by atoms with Crippen molar-refractivity contribution >= 4 is 29.1 Å². The van der Waals surface area contributed by atoms with Gasteiger partial charge in [0.25, 0.3) is 0 Å². The van der Waals surface area contributed by atoms with E-state index in [4.69, 9.17) is 16.3 Å². The van der Waals surface area contributed by atoms with Gasteiger partial charge in [-0.15, -0.1) is 0 Å². The van der Waals surface area contributed by atoms with Gasteiger partial charge in [-0.2, -0.15) is 13.2 Å². The second-order valence-corrected chi connectivity index (χ2v) is 7.47. The molecule has 1 atom stereocenters. The third kappa shape index (κ3) is 4.81. The van der Waals surface area contributed by atoms with E-state index >= 15 is 0 Å². The Bertz CT molecular complexity index is 751. The molecule has 0 aromatic carbocycles. The van der Waals surface area contributed by atoms with Crippen molar-refractivity contribution in [1.29, 1.82) is 0 Å². The lowest BCUT2D eigenvalue weighted by Gasteiger charge is -2.23. The Labute approximate surface area is 152 Å². The van der Waals surface area contributed by atoms with Crippen LogP contribution in [0.15, 0.2) is 12.3 Å². The third-order valence-electron chi connectivity index (χ3n) is 3.57. The smallest absolute Gasteiger partial charge is 0.417 e. The number of alkyl halides is 3. The van der Waals surface area contributed by atoms with Crippen LogP contribution in [0.1, 0.15) is 49.7 Å². The molecule has 0 saturated heterocycles. The van der Waals surface area contributed by atoms with Crippen molar-refractivity contribution in [3.63, 3.8) is 0 Å². The molecule has 1 aromatic heterocycles. The first kappa shape index (κ1) is 20.4. The highest BCUT2D eigenvalue weighted by atomic mass is 35.5. The number of hydrogen-bond donors (Lipinski definition) is 0. The zero-order chi connectivity index (χ0) is 19.9. The van der Waals surface area contributed by atoms with Gasteiger partial charge in [-0.3, -0.25) is 19.4 Å². The number of halogens is 4. The predicted octanol–water partition coefficient (Wildman–Crippen LogP) is 3.87. The summed E-state index contributed by atoms with van der Waals surface area (Å²) >= 11 is 5.77. The molecule has 0 bridgehead atoms. The number of aromatic nitrogens is 1. The summed E-state index contributed by atoms with van der Waals surface area (Å²) < 4.78 is 43.2. The standard InChI is InChI=1S/C17H17ClF3NO4/c1-16(2,3)26-15(25)11(13(23)8-4-5-8)14(24)12-10(18)6-9(7-22-12)17(19,20)21/h6-8,11H,4-5H2,1-3H3. The number of hydrogen-bond acceptors (Lipinski definition) is 5. The van der Waals surface area contributed by atoms with Crippen molar-refractivity contribution in [2.45, 2.75) is 45.4 Å². The molecule has 142 valence electrons. The van der Waals surface area contributed by atoms with Crippen LogP contribution in [0.25, 0.3) is 0 Å². The molecule has 0 amide bonds. The van der Waals surface area contributed by atoms with Crippen LogP contribution in [0.5, 0.6) is 0 Å². The second kappa shape index (κ2) is 6.98. The number of carbonyl (C=O) groups is 3. The summed E-state index contributed by atoms with van der Waals surface area (Å²) in [6, 6.07) is 0.537. The van der Waals surface area contributed by atoms with Gasteiger partial charge >= 0.3 is 12.1 Å². The van der Waals surface area contributed by atoms with Crippen LogP contribution in [-0.2, 0) is 20.5 Å². The topological polar surface area (TPSA) is 73.3 Å². The van der Waals surface area contributed by atoms with Gasteiger partial charge in [0.15, 0.2) is 11.7 Å². The van der Waals surface area contributed by atoms with Crippen LogP contribution in [0, 0.1) is 11.8 Å². The summed E-state index contributed by atoms with van der Waals surface area (Å²) in [5, 5.41) is -0.581. The SMILES string of the molecule is CC(C)(C)OC(=O)C(C(=O)c1ncc(C(F)(F)F)cc1Cl)C(=O)C1CC1. The van der Waals surface area contributed by atoms with E-state index < -0.39 is 57.4 Å². The van der Waals surface area contributed by atoms with Crippen LogP contribution in [0.4, 0.5) is 13.2 Å². The number of nitrogens with zero attached hydrogens (tertiary/aromatic N) is 1. The fraction of sp³-hybridized carbons (Fsp3) is 0.529. The molecule has 0 spiro atoms. The van der Waals surface area contributed by atoms with E-state index in [0.29, 0.717) is 25.1 Å². The zero-order valence-electron chi connectivity index (χ0n) is 14.3. The average molecular weight is 392 g/mol. The van der Waals surface area contributed by atoms with Crippen molar-refractivity contribution < 1.29 is 32.3 Å². The third-order valence-corrected chi connectivity index (χ3v) is 3.86. The van der Waals surface area contributed by atoms with Crippen LogP contribution < -0.4 is 0 Å². The van der Waals surface area contributed by atoms with Crippen molar-refractivity contribution in [3.8, 4) is 0 Å². The van der Waals surface area contributed by atoms with Gasteiger partial charge in [0.05, 0.1) is 10.6 Å². The van der Waals surface area contributed by atoms with E-state index in [2.05, 4.69) is 4.98 Å². The molecule has 2 rings (SSSR count). The second-order valence-electron chi connectivity index (χ2n) is 7.06. The first-order valence-corrected chi connectivity index (χ1v) is 8.22. The molecule has 0 aliphatic heterocycles. The molecule has 0 N–H and O–H groups in total. The number of Topliss-reactive ketones (excluding diaryl/α,β-unsaturated/α-hetero) is 2. The molecule has 1 aliphatic carbocycles. The molecule has 26 heavy (non-hydrogen) atoms. The Morgan fingerprint density at radius 1 is 1.23 bits per heavy atom. The quantitative estimate of drug-likeness (QED) is 0.432. The van der Waals surface area contributed by atoms with E-state index in [9.17, 15) is 27.6 Å². The number of carbonyl (C=O) groups excluding carboxylic acids is 3. The Kier molecular flexibility index (Phi) is 5.46. The van der Waals surface area contributed by atoms with Crippen molar-refractivity contribution in [1.82, 2.24) is 4.98 Å². The van der Waals surface area contributed by atoms with Crippen molar-refractivity contribution in [3.05, 3.63) is 28.5 Å². The normalized spacial score (nSPS) is 16.1. The minimum Gasteiger partial charge on any atom is -0.459 e. The van der Waals surface area contributed by atoms with E-state index in [0.717, 1.165) is 0 Å². The molecular formula is C17H17ClF3NO4. The Hall–Kier alpha value is -1.96. The summed E-state index contributed by atoms with van der Waals surface area (Å²) in [5.74, 6) is -4.97. The average Bonchev–Trinajstić information content (AvgIpc) is 3.28. The highest BCUT2D eigenvalue weighted by molar-refractivity contribution is 6.35. The van der Waals surface area contributed by atoms with Crippen LogP contribution in [-0.4, -0.2) is 28.1 Å². The number of esters is 1. The van der Waals surface area contributed by atoms with E-state index in [1.165, 1.54) is 0 Å². The van der Waals surface area contributed by atoms with Gasteiger partial charge < -0.3 is 4.74 Å². The molecule has 9 heteroatoms.